The van der Waals surface area contributed by atoms with Crippen molar-refractivity contribution in [2.45, 2.75) is 11.4 Å². The van der Waals surface area contributed by atoms with Crippen molar-refractivity contribution in [3.63, 3.8) is 0 Å². The molecule has 1 aromatic heterocycles. The van der Waals surface area contributed by atoms with Crippen molar-refractivity contribution in [3.05, 3.63) is 96.1 Å². The summed E-state index contributed by atoms with van der Waals surface area (Å²) in [5.41, 5.74) is 2.42. The van der Waals surface area contributed by atoms with E-state index >= 15 is 0 Å². The van der Waals surface area contributed by atoms with Gasteiger partial charge in [-0.2, -0.15) is 0 Å². The first kappa shape index (κ1) is 17.9. The van der Waals surface area contributed by atoms with Crippen LogP contribution in [0.3, 0.4) is 0 Å². The zero-order chi connectivity index (χ0) is 18.6. The minimum Gasteiger partial charge on any atom is -0.460 e. The zero-order valence-corrected chi connectivity index (χ0v) is 15.9. The van der Waals surface area contributed by atoms with Crippen molar-refractivity contribution in [1.82, 2.24) is 4.98 Å². The number of rotatable bonds is 6. The molecule has 4 aromatic rings. The summed E-state index contributed by atoms with van der Waals surface area (Å²) in [4.78, 5) is 4.53. The summed E-state index contributed by atoms with van der Waals surface area (Å²) >= 11 is -0.694. The molecule has 4 rings (SSSR count). The van der Waals surface area contributed by atoms with Crippen LogP contribution in [0.15, 0.2) is 84.9 Å². The molecule has 0 radical (unpaired) electrons. The second-order valence-electron chi connectivity index (χ2n) is 6.00. The van der Waals surface area contributed by atoms with Gasteiger partial charge in [0, 0.05) is 0 Å². The Kier molecular flexibility index (Phi) is 5.29. The van der Waals surface area contributed by atoms with Gasteiger partial charge in [-0.1, -0.05) is 84.1 Å². The molecule has 0 aliphatic carbocycles. The van der Waals surface area contributed by atoms with E-state index in [1.54, 1.807) is 0 Å². The van der Waals surface area contributed by atoms with E-state index < -0.39 is 22.4 Å². The normalized spacial score (nSPS) is 14.6. The van der Waals surface area contributed by atoms with E-state index in [0.29, 0.717) is 5.19 Å². The molecule has 3 aromatic carbocycles. The Labute approximate surface area is 163 Å². The molecular formula is C21H17NO3S2. The Morgan fingerprint density at radius 3 is 2.07 bits per heavy atom. The number of ether oxygens (including phenoxy) is 1. The van der Waals surface area contributed by atoms with E-state index in [4.69, 9.17) is 4.74 Å². The number of fused-ring (bicyclic) bond motifs is 1. The number of aromatic nitrogens is 1. The Morgan fingerprint density at radius 2 is 1.44 bits per heavy atom. The molecule has 136 valence electrons. The van der Waals surface area contributed by atoms with Crippen LogP contribution in [0.1, 0.15) is 22.5 Å². The molecule has 6 heteroatoms. The second kappa shape index (κ2) is 8.00. The van der Waals surface area contributed by atoms with Crippen LogP contribution in [0.2, 0.25) is 0 Å². The minimum atomic E-state index is -2.12. The first-order valence-corrected chi connectivity index (χ1v) is 10.4. The third-order valence-corrected chi connectivity index (χ3v) is 6.13. The van der Waals surface area contributed by atoms with Gasteiger partial charge in [-0.3, -0.25) is 0 Å². The minimum absolute atomic E-state index is 0.483. The lowest BCUT2D eigenvalue weighted by Gasteiger charge is -2.25. The van der Waals surface area contributed by atoms with Gasteiger partial charge in [0.15, 0.2) is 11.1 Å². The Morgan fingerprint density at radius 1 is 0.852 bits per heavy atom. The number of nitrogens with zero attached hydrogens (tertiary/aromatic N) is 1. The number of benzene rings is 3. The summed E-state index contributed by atoms with van der Waals surface area (Å²) in [6.07, 6.45) is -0.639. The molecule has 1 N–H and O–H groups in total. The number of thiazole rings is 1. The van der Waals surface area contributed by atoms with Gasteiger partial charge in [-0.25, -0.2) is 9.19 Å². The molecule has 1 unspecified atom stereocenters. The third kappa shape index (κ3) is 3.93. The fourth-order valence-corrected chi connectivity index (χ4v) is 4.66. The zero-order valence-electron chi connectivity index (χ0n) is 14.3. The molecule has 0 bridgehead atoms. The van der Waals surface area contributed by atoms with Crippen LogP contribution in [-0.2, 0) is 11.1 Å². The molecule has 0 saturated heterocycles. The summed E-state index contributed by atoms with van der Waals surface area (Å²) in [6.45, 7) is 0. The maximum Gasteiger partial charge on any atom is 0.274 e. The molecule has 27 heavy (non-hydrogen) atoms. The highest BCUT2D eigenvalue weighted by Gasteiger charge is 2.32. The topological polar surface area (TPSA) is 59.4 Å². The maximum absolute atomic E-state index is 12.3. The molecule has 0 fully saturated rings. The van der Waals surface area contributed by atoms with Crippen LogP contribution in [0, 0.1) is 0 Å². The van der Waals surface area contributed by atoms with Crippen molar-refractivity contribution in [3.8, 4) is 5.19 Å². The molecule has 3 atom stereocenters. The Bertz CT molecular complexity index is 1020. The van der Waals surface area contributed by atoms with Gasteiger partial charge in [0.2, 0.25) is 0 Å². The summed E-state index contributed by atoms with van der Waals surface area (Å²) in [6, 6.07) is 26.6. The SMILES string of the molecule is O=S(O)[C@H](c1ccccc1)[C@@H](Oc1nc2ccccc2s1)c1ccccc1. The van der Waals surface area contributed by atoms with E-state index in [-0.39, 0.29) is 0 Å². The Balaban J connectivity index is 1.77. The highest BCUT2D eigenvalue weighted by molar-refractivity contribution is 7.79. The Hall–Kier alpha value is -2.54. The van der Waals surface area contributed by atoms with Gasteiger partial charge in [0.05, 0.1) is 10.2 Å². The molecule has 0 aliphatic rings. The largest absolute Gasteiger partial charge is 0.460 e. The molecule has 0 spiro atoms. The van der Waals surface area contributed by atoms with Crippen LogP contribution in [0.25, 0.3) is 10.2 Å². The standard InChI is InChI=1S/C21H17NO3S2/c23-27(24)20(16-11-5-2-6-12-16)19(15-9-3-1-4-10-15)25-21-22-17-13-7-8-14-18(17)26-21/h1-14,19-20H,(H,23,24)/t19-,20+/m0/s1. The van der Waals surface area contributed by atoms with Crippen molar-refractivity contribution in [2.24, 2.45) is 0 Å². The van der Waals surface area contributed by atoms with Crippen LogP contribution >= 0.6 is 11.3 Å². The number of hydrogen-bond acceptors (Lipinski definition) is 4. The van der Waals surface area contributed by atoms with Gasteiger partial charge < -0.3 is 9.29 Å². The summed E-state index contributed by atoms with van der Waals surface area (Å²) < 4.78 is 29.6. The smallest absolute Gasteiger partial charge is 0.274 e. The highest BCUT2D eigenvalue weighted by Crippen LogP contribution is 2.39. The highest BCUT2D eigenvalue weighted by atomic mass is 32.2. The van der Waals surface area contributed by atoms with Gasteiger partial charge in [0.25, 0.3) is 5.19 Å². The fraction of sp³-hybridized carbons (Fsp3) is 0.0952. The molecule has 1 heterocycles. The molecule has 4 nitrogen and oxygen atoms in total. The lowest BCUT2D eigenvalue weighted by atomic mass is 10.0. The number of hydrogen-bond donors (Lipinski definition) is 1. The molecule has 0 saturated carbocycles. The predicted molar refractivity (Wildman–Crippen MR) is 109 cm³/mol. The van der Waals surface area contributed by atoms with E-state index in [0.717, 1.165) is 21.3 Å². The molecule has 0 amide bonds. The van der Waals surface area contributed by atoms with E-state index in [9.17, 15) is 8.76 Å². The number of para-hydroxylation sites is 1. The lowest BCUT2D eigenvalue weighted by molar-refractivity contribution is 0.197. The summed E-state index contributed by atoms with van der Waals surface area (Å²) in [5.74, 6) is 0. The summed E-state index contributed by atoms with van der Waals surface area (Å²) in [5, 5.41) is -0.253. The average molecular weight is 396 g/mol. The quantitative estimate of drug-likeness (QED) is 0.445. The van der Waals surface area contributed by atoms with Crippen LogP contribution in [0.5, 0.6) is 5.19 Å². The third-order valence-electron chi connectivity index (χ3n) is 4.25. The average Bonchev–Trinajstić information content (AvgIpc) is 3.11. The van der Waals surface area contributed by atoms with Gasteiger partial charge in [0.1, 0.15) is 11.4 Å². The lowest BCUT2D eigenvalue weighted by Crippen LogP contribution is -2.21. The van der Waals surface area contributed by atoms with Crippen molar-refractivity contribution in [1.29, 1.82) is 0 Å². The van der Waals surface area contributed by atoms with Crippen molar-refractivity contribution < 1.29 is 13.5 Å². The first-order valence-electron chi connectivity index (χ1n) is 8.44. The second-order valence-corrected chi connectivity index (χ2v) is 8.06. The van der Waals surface area contributed by atoms with E-state index in [2.05, 4.69) is 4.98 Å². The monoisotopic (exact) mass is 395 g/mol. The van der Waals surface area contributed by atoms with Crippen LogP contribution < -0.4 is 4.74 Å². The van der Waals surface area contributed by atoms with Crippen molar-refractivity contribution in [2.75, 3.05) is 0 Å². The van der Waals surface area contributed by atoms with Gasteiger partial charge in [-0.15, -0.1) is 0 Å². The predicted octanol–water partition coefficient (Wildman–Crippen LogP) is 5.38. The fourth-order valence-electron chi connectivity index (χ4n) is 3.00. The van der Waals surface area contributed by atoms with Crippen LogP contribution in [0.4, 0.5) is 0 Å². The van der Waals surface area contributed by atoms with Crippen LogP contribution in [-0.4, -0.2) is 13.7 Å². The summed E-state index contributed by atoms with van der Waals surface area (Å²) in [7, 11) is 0. The van der Waals surface area contributed by atoms with Gasteiger partial charge >= 0.3 is 0 Å². The molecular weight excluding hydrogens is 378 g/mol. The van der Waals surface area contributed by atoms with E-state index in [1.807, 2.05) is 84.9 Å². The molecule has 0 aliphatic heterocycles. The van der Waals surface area contributed by atoms with E-state index in [1.165, 1.54) is 11.3 Å². The van der Waals surface area contributed by atoms with Gasteiger partial charge in [-0.05, 0) is 23.3 Å². The first-order chi connectivity index (χ1) is 13.2. The maximum atomic E-state index is 12.3. The van der Waals surface area contributed by atoms with Crippen molar-refractivity contribution >= 4 is 32.6 Å².